The monoisotopic (exact) mass is 295 g/mol. The van der Waals surface area contributed by atoms with E-state index in [1.54, 1.807) is 0 Å². The van der Waals surface area contributed by atoms with E-state index in [4.69, 9.17) is 9.47 Å². The first-order valence-corrected chi connectivity index (χ1v) is 8.54. The molecule has 0 saturated carbocycles. The fourth-order valence-electron chi connectivity index (χ4n) is 2.19. The van der Waals surface area contributed by atoms with E-state index in [1.165, 1.54) is 24.2 Å². The summed E-state index contributed by atoms with van der Waals surface area (Å²) in [5.74, 6) is 2.91. The van der Waals surface area contributed by atoms with Crippen molar-refractivity contribution in [3.8, 4) is 11.5 Å². The summed E-state index contributed by atoms with van der Waals surface area (Å²) in [5.41, 5.74) is 0. The number of hydrogen-bond acceptors (Lipinski definition) is 4. The van der Waals surface area contributed by atoms with E-state index >= 15 is 0 Å². The molecule has 0 saturated heterocycles. The topological polar surface area (TPSA) is 30.5 Å². The van der Waals surface area contributed by atoms with Gasteiger partial charge >= 0.3 is 0 Å². The molecular weight excluding hydrogens is 270 g/mol. The van der Waals surface area contributed by atoms with Crippen molar-refractivity contribution in [2.45, 2.75) is 44.0 Å². The van der Waals surface area contributed by atoms with Gasteiger partial charge in [-0.25, -0.2) is 0 Å². The Balaban J connectivity index is 1.69. The van der Waals surface area contributed by atoms with Gasteiger partial charge in [0.2, 0.25) is 0 Å². The van der Waals surface area contributed by atoms with Crippen LogP contribution in [0.15, 0.2) is 23.1 Å². The summed E-state index contributed by atoms with van der Waals surface area (Å²) < 4.78 is 11.1. The number of fused-ring (bicyclic) bond motifs is 1. The van der Waals surface area contributed by atoms with E-state index in [-0.39, 0.29) is 0 Å². The fourth-order valence-corrected chi connectivity index (χ4v) is 3.09. The van der Waals surface area contributed by atoms with Crippen molar-refractivity contribution in [2.75, 3.05) is 25.5 Å². The summed E-state index contributed by atoms with van der Waals surface area (Å²) >= 11 is 1.90. The Morgan fingerprint density at radius 1 is 1.25 bits per heavy atom. The Bertz CT molecular complexity index is 411. The van der Waals surface area contributed by atoms with E-state index in [2.05, 4.69) is 31.3 Å². The summed E-state index contributed by atoms with van der Waals surface area (Å²) in [6.45, 7) is 6.90. The highest BCUT2D eigenvalue weighted by Gasteiger charge is 2.11. The molecule has 1 aromatic rings. The molecule has 0 spiro atoms. The molecule has 3 nitrogen and oxygen atoms in total. The van der Waals surface area contributed by atoms with Crippen LogP contribution < -0.4 is 14.8 Å². The lowest BCUT2D eigenvalue weighted by molar-refractivity contribution is 0.171. The molecule has 1 aliphatic rings. The zero-order chi connectivity index (χ0) is 14.2. The summed E-state index contributed by atoms with van der Waals surface area (Å²) in [7, 11) is 0. The molecule has 0 radical (unpaired) electrons. The zero-order valence-corrected chi connectivity index (χ0v) is 13.3. The second-order valence-corrected chi connectivity index (χ2v) is 6.32. The Kier molecular flexibility index (Phi) is 6.54. The fraction of sp³-hybridized carbons (Fsp3) is 0.625. The average Bonchev–Trinajstić information content (AvgIpc) is 2.49. The van der Waals surface area contributed by atoms with Crippen molar-refractivity contribution < 1.29 is 9.47 Å². The van der Waals surface area contributed by atoms with E-state index in [9.17, 15) is 0 Å². The van der Waals surface area contributed by atoms with Crippen molar-refractivity contribution >= 4 is 11.8 Å². The lowest BCUT2D eigenvalue weighted by Crippen LogP contribution is -2.26. The highest BCUT2D eigenvalue weighted by Crippen LogP contribution is 2.34. The van der Waals surface area contributed by atoms with Crippen LogP contribution in [0.1, 0.15) is 33.1 Å². The quantitative estimate of drug-likeness (QED) is 0.585. The number of thioether (sulfide) groups is 1. The van der Waals surface area contributed by atoms with Gasteiger partial charge in [0.05, 0.1) is 0 Å². The number of rotatable bonds is 8. The SMILES string of the molecule is CCCNC(C)CCCSc1ccc2c(c1)OCCO2. The lowest BCUT2D eigenvalue weighted by atomic mass is 10.2. The van der Waals surface area contributed by atoms with Crippen molar-refractivity contribution in [3.63, 3.8) is 0 Å². The molecule has 1 atom stereocenters. The van der Waals surface area contributed by atoms with Gasteiger partial charge in [-0.05, 0) is 56.7 Å². The van der Waals surface area contributed by atoms with E-state index in [1.807, 2.05) is 17.8 Å². The molecule has 1 N–H and O–H groups in total. The normalized spacial score (nSPS) is 15.1. The van der Waals surface area contributed by atoms with Gasteiger partial charge in [-0.2, -0.15) is 0 Å². The molecular formula is C16H25NO2S. The standard InChI is InChI=1S/C16H25NO2S/c1-3-8-17-13(2)5-4-11-20-14-6-7-15-16(12-14)19-10-9-18-15/h6-7,12-13,17H,3-5,8-11H2,1-2H3. The van der Waals surface area contributed by atoms with Crippen LogP contribution in [-0.2, 0) is 0 Å². The van der Waals surface area contributed by atoms with Crippen LogP contribution in [0, 0.1) is 0 Å². The number of benzene rings is 1. The van der Waals surface area contributed by atoms with Crippen molar-refractivity contribution in [2.24, 2.45) is 0 Å². The summed E-state index contributed by atoms with van der Waals surface area (Å²) in [6, 6.07) is 6.85. The van der Waals surface area contributed by atoms with Crippen LogP contribution in [0.25, 0.3) is 0 Å². The minimum absolute atomic E-state index is 0.621. The number of hydrogen-bond donors (Lipinski definition) is 1. The highest BCUT2D eigenvalue weighted by atomic mass is 32.2. The van der Waals surface area contributed by atoms with Crippen LogP contribution >= 0.6 is 11.8 Å². The molecule has 0 aliphatic carbocycles. The molecule has 112 valence electrons. The van der Waals surface area contributed by atoms with Gasteiger partial charge in [-0.1, -0.05) is 6.92 Å². The molecule has 0 fully saturated rings. The maximum atomic E-state index is 5.60. The summed E-state index contributed by atoms with van der Waals surface area (Å²) in [6.07, 6.45) is 3.67. The van der Waals surface area contributed by atoms with E-state index in [0.29, 0.717) is 19.3 Å². The minimum atomic E-state index is 0.621. The van der Waals surface area contributed by atoms with Gasteiger partial charge in [0.1, 0.15) is 13.2 Å². The van der Waals surface area contributed by atoms with E-state index in [0.717, 1.165) is 23.8 Å². The van der Waals surface area contributed by atoms with Crippen molar-refractivity contribution in [1.29, 1.82) is 0 Å². The van der Waals surface area contributed by atoms with Crippen LogP contribution in [0.2, 0.25) is 0 Å². The molecule has 4 heteroatoms. The van der Waals surface area contributed by atoms with Crippen molar-refractivity contribution in [1.82, 2.24) is 5.32 Å². The van der Waals surface area contributed by atoms with Crippen LogP contribution in [-0.4, -0.2) is 31.6 Å². The molecule has 1 aliphatic heterocycles. The molecule has 1 unspecified atom stereocenters. The first kappa shape index (κ1) is 15.5. The Morgan fingerprint density at radius 3 is 2.85 bits per heavy atom. The van der Waals surface area contributed by atoms with Crippen molar-refractivity contribution in [3.05, 3.63) is 18.2 Å². The van der Waals surface area contributed by atoms with Gasteiger partial charge in [0.25, 0.3) is 0 Å². The predicted molar refractivity (Wildman–Crippen MR) is 85.1 cm³/mol. The van der Waals surface area contributed by atoms with Crippen LogP contribution in [0.5, 0.6) is 11.5 Å². The third kappa shape index (κ3) is 4.91. The number of ether oxygens (including phenoxy) is 2. The smallest absolute Gasteiger partial charge is 0.162 e. The predicted octanol–water partition coefficient (Wildman–Crippen LogP) is 3.72. The van der Waals surface area contributed by atoms with Crippen LogP contribution in [0.3, 0.4) is 0 Å². The second kappa shape index (κ2) is 8.42. The largest absolute Gasteiger partial charge is 0.486 e. The molecule has 0 amide bonds. The Hall–Kier alpha value is -0.870. The number of nitrogens with one attached hydrogen (secondary N) is 1. The van der Waals surface area contributed by atoms with Crippen LogP contribution in [0.4, 0.5) is 0 Å². The zero-order valence-electron chi connectivity index (χ0n) is 12.5. The van der Waals surface area contributed by atoms with Gasteiger partial charge in [-0.3, -0.25) is 0 Å². The highest BCUT2D eigenvalue weighted by molar-refractivity contribution is 7.99. The first-order valence-electron chi connectivity index (χ1n) is 7.55. The molecule has 0 bridgehead atoms. The van der Waals surface area contributed by atoms with Gasteiger partial charge < -0.3 is 14.8 Å². The third-order valence-electron chi connectivity index (χ3n) is 3.31. The van der Waals surface area contributed by atoms with Gasteiger partial charge in [0.15, 0.2) is 11.5 Å². The summed E-state index contributed by atoms with van der Waals surface area (Å²) in [5, 5.41) is 3.53. The average molecular weight is 295 g/mol. The second-order valence-electron chi connectivity index (χ2n) is 5.15. The maximum absolute atomic E-state index is 5.60. The molecule has 1 heterocycles. The summed E-state index contributed by atoms with van der Waals surface area (Å²) in [4.78, 5) is 1.27. The Labute approximate surface area is 126 Å². The molecule has 0 aromatic heterocycles. The van der Waals surface area contributed by atoms with E-state index < -0.39 is 0 Å². The Morgan fingerprint density at radius 2 is 2.05 bits per heavy atom. The first-order chi connectivity index (χ1) is 9.79. The van der Waals surface area contributed by atoms with Gasteiger partial charge in [0, 0.05) is 10.9 Å². The molecule has 20 heavy (non-hydrogen) atoms. The minimum Gasteiger partial charge on any atom is -0.486 e. The third-order valence-corrected chi connectivity index (χ3v) is 4.39. The maximum Gasteiger partial charge on any atom is 0.162 e. The molecule has 2 rings (SSSR count). The molecule has 1 aromatic carbocycles. The lowest BCUT2D eigenvalue weighted by Gasteiger charge is -2.18. The van der Waals surface area contributed by atoms with Gasteiger partial charge in [-0.15, -0.1) is 11.8 Å².